The number of para-hydroxylation sites is 1. The molecule has 29 heavy (non-hydrogen) atoms. The van der Waals surface area contributed by atoms with Gasteiger partial charge in [0.15, 0.2) is 0 Å². The fourth-order valence-corrected chi connectivity index (χ4v) is 3.60. The summed E-state index contributed by atoms with van der Waals surface area (Å²) in [5, 5.41) is 7.43. The molecule has 0 fully saturated rings. The van der Waals surface area contributed by atoms with Gasteiger partial charge >= 0.3 is 0 Å². The lowest BCUT2D eigenvalue weighted by Crippen LogP contribution is -2.36. The predicted octanol–water partition coefficient (Wildman–Crippen LogP) is 3.58. The molecule has 4 rings (SSSR count). The molecule has 0 saturated heterocycles. The molecule has 3 aromatic carbocycles. The van der Waals surface area contributed by atoms with E-state index in [-0.39, 0.29) is 30.3 Å². The molecule has 3 amide bonds. The molecule has 6 nitrogen and oxygen atoms in total. The van der Waals surface area contributed by atoms with E-state index in [1.54, 1.807) is 30.3 Å². The van der Waals surface area contributed by atoms with Gasteiger partial charge in [-0.2, -0.15) is 0 Å². The van der Waals surface area contributed by atoms with Crippen LogP contribution in [0.1, 0.15) is 34.6 Å². The summed E-state index contributed by atoms with van der Waals surface area (Å²) in [6.07, 6.45) is 0. The van der Waals surface area contributed by atoms with Gasteiger partial charge in [-0.1, -0.05) is 36.4 Å². The maximum atomic E-state index is 12.8. The van der Waals surface area contributed by atoms with Crippen molar-refractivity contribution in [2.24, 2.45) is 0 Å². The molecule has 3 aromatic rings. The van der Waals surface area contributed by atoms with Gasteiger partial charge in [0, 0.05) is 17.0 Å². The minimum atomic E-state index is -0.368. The number of rotatable bonds is 5. The molecule has 0 aromatic heterocycles. The van der Waals surface area contributed by atoms with E-state index in [2.05, 4.69) is 10.6 Å². The van der Waals surface area contributed by atoms with Crippen molar-refractivity contribution in [2.45, 2.75) is 19.9 Å². The predicted molar refractivity (Wildman–Crippen MR) is 113 cm³/mol. The monoisotopic (exact) mass is 387 g/mol. The molecule has 0 spiro atoms. The van der Waals surface area contributed by atoms with E-state index in [0.717, 1.165) is 16.5 Å². The van der Waals surface area contributed by atoms with Crippen LogP contribution in [0.4, 0.5) is 11.4 Å². The highest BCUT2D eigenvalue weighted by Crippen LogP contribution is 2.36. The Labute approximate surface area is 168 Å². The lowest BCUT2D eigenvalue weighted by Gasteiger charge is -2.18. The van der Waals surface area contributed by atoms with Crippen LogP contribution in [0.2, 0.25) is 0 Å². The van der Waals surface area contributed by atoms with Crippen molar-refractivity contribution in [3.8, 4) is 0 Å². The highest BCUT2D eigenvalue weighted by Gasteiger charge is 2.31. The fraction of sp³-hybridized carbons (Fsp3) is 0.174. The van der Waals surface area contributed by atoms with Crippen LogP contribution in [0.15, 0.2) is 60.7 Å². The van der Waals surface area contributed by atoms with Crippen LogP contribution in [0.3, 0.4) is 0 Å². The number of hydrogen-bond acceptors (Lipinski definition) is 3. The largest absolute Gasteiger partial charge is 0.350 e. The second-order valence-corrected chi connectivity index (χ2v) is 7.29. The average Bonchev–Trinajstić information content (AvgIpc) is 2.96. The molecular weight excluding hydrogens is 366 g/mol. The summed E-state index contributed by atoms with van der Waals surface area (Å²) in [6, 6.07) is 18.0. The van der Waals surface area contributed by atoms with Crippen molar-refractivity contribution in [1.29, 1.82) is 0 Å². The average molecular weight is 387 g/mol. The first-order valence-electron chi connectivity index (χ1n) is 9.49. The molecule has 0 bridgehead atoms. The highest BCUT2D eigenvalue weighted by molar-refractivity contribution is 6.26. The SMILES string of the molecule is CC(C)NC(=O)c1ccccc1NC(=O)CN1C(=O)c2cccc3cccc1c23. The van der Waals surface area contributed by atoms with Gasteiger partial charge in [0.2, 0.25) is 5.91 Å². The second-order valence-electron chi connectivity index (χ2n) is 7.29. The van der Waals surface area contributed by atoms with E-state index in [0.29, 0.717) is 16.8 Å². The maximum absolute atomic E-state index is 12.8. The standard InChI is InChI=1S/C23H21N3O3/c1-14(2)24-22(28)16-9-3-4-11-18(16)25-20(27)13-26-19-12-6-8-15-7-5-10-17(21(15)19)23(26)29/h3-12,14H,13H2,1-2H3,(H,24,28)(H,25,27). The van der Waals surface area contributed by atoms with Crippen LogP contribution in [0.5, 0.6) is 0 Å². The molecule has 1 aliphatic rings. The zero-order chi connectivity index (χ0) is 20.5. The van der Waals surface area contributed by atoms with Gasteiger partial charge in [0.1, 0.15) is 6.54 Å². The zero-order valence-corrected chi connectivity index (χ0v) is 16.2. The molecule has 1 aliphatic heterocycles. The number of hydrogen-bond donors (Lipinski definition) is 2. The number of carbonyl (C=O) groups excluding carboxylic acids is 3. The lowest BCUT2D eigenvalue weighted by atomic mass is 10.1. The van der Waals surface area contributed by atoms with Gasteiger partial charge < -0.3 is 10.6 Å². The van der Waals surface area contributed by atoms with E-state index >= 15 is 0 Å². The Morgan fingerprint density at radius 1 is 0.966 bits per heavy atom. The highest BCUT2D eigenvalue weighted by atomic mass is 16.2. The number of nitrogens with zero attached hydrogens (tertiary/aromatic N) is 1. The van der Waals surface area contributed by atoms with Gasteiger partial charge in [-0.3, -0.25) is 19.3 Å². The Morgan fingerprint density at radius 2 is 1.69 bits per heavy atom. The maximum Gasteiger partial charge on any atom is 0.259 e. The minimum Gasteiger partial charge on any atom is -0.350 e. The molecule has 0 aliphatic carbocycles. The number of anilines is 2. The lowest BCUT2D eigenvalue weighted by molar-refractivity contribution is -0.114. The van der Waals surface area contributed by atoms with E-state index in [4.69, 9.17) is 0 Å². The van der Waals surface area contributed by atoms with Crippen molar-refractivity contribution in [3.63, 3.8) is 0 Å². The molecule has 6 heteroatoms. The Kier molecular flexibility index (Phi) is 4.76. The topological polar surface area (TPSA) is 78.5 Å². The van der Waals surface area contributed by atoms with Crippen molar-refractivity contribution in [1.82, 2.24) is 5.32 Å². The van der Waals surface area contributed by atoms with Crippen LogP contribution in [-0.2, 0) is 4.79 Å². The molecular formula is C23H21N3O3. The van der Waals surface area contributed by atoms with Crippen LogP contribution >= 0.6 is 0 Å². The molecule has 0 atom stereocenters. The van der Waals surface area contributed by atoms with Crippen LogP contribution in [-0.4, -0.2) is 30.3 Å². The van der Waals surface area contributed by atoms with Gasteiger partial charge in [-0.15, -0.1) is 0 Å². The number of carbonyl (C=O) groups is 3. The van der Waals surface area contributed by atoms with Gasteiger partial charge in [0.05, 0.1) is 16.9 Å². The zero-order valence-electron chi connectivity index (χ0n) is 16.2. The van der Waals surface area contributed by atoms with Crippen LogP contribution < -0.4 is 15.5 Å². The Hall–Kier alpha value is -3.67. The van der Waals surface area contributed by atoms with Crippen LogP contribution in [0, 0.1) is 0 Å². The third kappa shape index (κ3) is 3.45. The molecule has 0 unspecified atom stereocenters. The van der Waals surface area contributed by atoms with E-state index < -0.39 is 0 Å². The Bertz CT molecular complexity index is 1130. The summed E-state index contributed by atoms with van der Waals surface area (Å²) in [5.74, 6) is -0.823. The summed E-state index contributed by atoms with van der Waals surface area (Å²) in [5.41, 5.74) is 2.12. The molecule has 0 radical (unpaired) electrons. The molecule has 0 saturated carbocycles. The molecule has 2 N–H and O–H groups in total. The summed E-state index contributed by atoms with van der Waals surface area (Å²) in [6.45, 7) is 3.61. The molecule has 146 valence electrons. The molecule has 1 heterocycles. The first kappa shape index (κ1) is 18.7. The number of amides is 3. The Balaban J connectivity index is 1.56. The third-order valence-electron chi connectivity index (χ3n) is 4.82. The van der Waals surface area contributed by atoms with Crippen molar-refractivity contribution in [2.75, 3.05) is 16.8 Å². The summed E-state index contributed by atoms with van der Waals surface area (Å²) in [4.78, 5) is 39.5. The summed E-state index contributed by atoms with van der Waals surface area (Å²) >= 11 is 0. The van der Waals surface area contributed by atoms with Crippen molar-refractivity contribution < 1.29 is 14.4 Å². The second kappa shape index (κ2) is 7.39. The van der Waals surface area contributed by atoms with Crippen molar-refractivity contribution >= 4 is 39.9 Å². The normalized spacial score (nSPS) is 12.5. The van der Waals surface area contributed by atoms with E-state index in [9.17, 15) is 14.4 Å². The van der Waals surface area contributed by atoms with Gasteiger partial charge in [-0.25, -0.2) is 0 Å². The third-order valence-corrected chi connectivity index (χ3v) is 4.82. The number of benzene rings is 3. The minimum absolute atomic E-state index is 0.0209. The summed E-state index contributed by atoms with van der Waals surface area (Å²) in [7, 11) is 0. The first-order chi connectivity index (χ1) is 14.0. The number of nitrogens with one attached hydrogen (secondary N) is 2. The summed E-state index contributed by atoms with van der Waals surface area (Å²) < 4.78 is 0. The van der Waals surface area contributed by atoms with Gasteiger partial charge in [0.25, 0.3) is 11.8 Å². The van der Waals surface area contributed by atoms with Gasteiger partial charge in [-0.05, 0) is 43.5 Å². The Morgan fingerprint density at radius 3 is 2.45 bits per heavy atom. The first-order valence-corrected chi connectivity index (χ1v) is 9.49. The smallest absolute Gasteiger partial charge is 0.259 e. The van der Waals surface area contributed by atoms with E-state index in [1.165, 1.54) is 4.90 Å². The fourth-order valence-electron chi connectivity index (χ4n) is 3.60. The van der Waals surface area contributed by atoms with Crippen LogP contribution in [0.25, 0.3) is 10.8 Å². The van der Waals surface area contributed by atoms with E-state index in [1.807, 2.05) is 44.2 Å². The van der Waals surface area contributed by atoms with Crippen molar-refractivity contribution in [3.05, 3.63) is 71.8 Å². The quantitative estimate of drug-likeness (QED) is 0.702.